The molecular weight excluding hydrogens is 264 g/mol. The van der Waals surface area contributed by atoms with Crippen molar-refractivity contribution in [2.45, 2.75) is 20.0 Å². The van der Waals surface area contributed by atoms with Gasteiger partial charge in [0.15, 0.2) is 0 Å². The van der Waals surface area contributed by atoms with Crippen LogP contribution in [0.25, 0.3) is 0 Å². The van der Waals surface area contributed by atoms with Crippen molar-refractivity contribution in [2.24, 2.45) is 5.73 Å². The molecule has 0 unspecified atom stereocenters. The fraction of sp³-hybridized carbons (Fsp3) is 0.235. The molecule has 4 heteroatoms. The highest BCUT2D eigenvalue weighted by atomic mass is 16.5. The van der Waals surface area contributed by atoms with Gasteiger partial charge in [-0.2, -0.15) is 0 Å². The van der Waals surface area contributed by atoms with Gasteiger partial charge in [0.2, 0.25) is 0 Å². The second kappa shape index (κ2) is 6.79. The van der Waals surface area contributed by atoms with Crippen molar-refractivity contribution in [1.82, 2.24) is 0 Å². The Labute approximate surface area is 125 Å². The highest BCUT2D eigenvalue weighted by Crippen LogP contribution is 2.22. The lowest BCUT2D eigenvalue weighted by atomic mass is 10.1. The number of aryl methyl sites for hydroxylation is 1. The van der Waals surface area contributed by atoms with Crippen molar-refractivity contribution in [3.63, 3.8) is 0 Å². The van der Waals surface area contributed by atoms with Gasteiger partial charge in [0.25, 0.3) is 0 Å². The minimum absolute atomic E-state index is 0.0335. The third-order valence-corrected chi connectivity index (χ3v) is 3.32. The number of amidine groups is 1. The topological polar surface area (TPSA) is 68.3 Å². The molecule has 0 bridgehead atoms. The Morgan fingerprint density at radius 2 is 1.86 bits per heavy atom. The molecule has 4 nitrogen and oxygen atoms in total. The van der Waals surface area contributed by atoms with Crippen molar-refractivity contribution in [2.75, 3.05) is 7.11 Å². The number of nitrogens with one attached hydrogen (secondary N) is 1. The van der Waals surface area contributed by atoms with Crippen LogP contribution in [0, 0.1) is 5.41 Å². The minimum atomic E-state index is 0.0335. The van der Waals surface area contributed by atoms with Crippen LogP contribution in [0.3, 0.4) is 0 Å². The van der Waals surface area contributed by atoms with Crippen molar-refractivity contribution in [3.05, 3.63) is 59.2 Å². The van der Waals surface area contributed by atoms with E-state index in [-0.39, 0.29) is 5.84 Å². The van der Waals surface area contributed by atoms with E-state index >= 15 is 0 Å². The van der Waals surface area contributed by atoms with Crippen LogP contribution in [-0.2, 0) is 13.0 Å². The van der Waals surface area contributed by atoms with Crippen LogP contribution in [0.2, 0.25) is 0 Å². The molecule has 0 aliphatic rings. The van der Waals surface area contributed by atoms with Gasteiger partial charge in [-0.25, -0.2) is 0 Å². The summed E-state index contributed by atoms with van der Waals surface area (Å²) in [6.45, 7) is 2.49. The molecule has 110 valence electrons. The molecule has 21 heavy (non-hydrogen) atoms. The van der Waals surface area contributed by atoms with E-state index < -0.39 is 0 Å². The number of ether oxygens (including phenoxy) is 2. The zero-order valence-corrected chi connectivity index (χ0v) is 12.3. The quantitative estimate of drug-likeness (QED) is 0.632. The summed E-state index contributed by atoms with van der Waals surface area (Å²) in [5, 5.41) is 7.50. The molecule has 2 aromatic rings. The third kappa shape index (κ3) is 3.75. The Bertz CT molecular complexity index is 621. The first-order chi connectivity index (χ1) is 10.1. The van der Waals surface area contributed by atoms with Crippen LogP contribution in [0.1, 0.15) is 23.6 Å². The van der Waals surface area contributed by atoms with Gasteiger partial charge >= 0.3 is 0 Å². The van der Waals surface area contributed by atoms with E-state index in [4.69, 9.17) is 20.6 Å². The molecule has 0 radical (unpaired) electrons. The van der Waals surface area contributed by atoms with E-state index in [9.17, 15) is 0 Å². The number of nitrogens with two attached hydrogens (primary N) is 1. The van der Waals surface area contributed by atoms with Gasteiger partial charge in [0.05, 0.1) is 7.11 Å². The molecule has 0 saturated carbocycles. The molecule has 0 fully saturated rings. The van der Waals surface area contributed by atoms with Gasteiger partial charge in [-0.05, 0) is 42.3 Å². The molecule has 2 aromatic carbocycles. The lowest BCUT2D eigenvalue weighted by Gasteiger charge is -2.12. The van der Waals surface area contributed by atoms with Gasteiger partial charge in [-0.15, -0.1) is 0 Å². The van der Waals surface area contributed by atoms with E-state index in [1.54, 1.807) is 19.2 Å². The van der Waals surface area contributed by atoms with Crippen molar-refractivity contribution >= 4 is 5.84 Å². The summed E-state index contributed by atoms with van der Waals surface area (Å²) in [4.78, 5) is 0. The maximum Gasteiger partial charge on any atom is 0.125 e. The minimum Gasteiger partial charge on any atom is -0.496 e. The summed E-state index contributed by atoms with van der Waals surface area (Å²) in [5.74, 6) is 1.57. The fourth-order valence-corrected chi connectivity index (χ4v) is 2.04. The van der Waals surface area contributed by atoms with Gasteiger partial charge in [-0.1, -0.05) is 19.1 Å². The van der Waals surface area contributed by atoms with E-state index in [1.165, 1.54) is 5.56 Å². The van der Waals surface area contributed by atoms with E-state index in [0.717, 1.165) is 23.5 Å². The largest absolute Gasteiger partial charge is 0.496 e. The Morgan fingerprint density at radius 1 is 1.14 bits per heavy atom. The third-order valence-electron chi connectivity index (χ3n) is 3.32. The van der Waals surface area contributed by atoms with Crippen LogP contribution < -0.4 is 15.2 Å². The van der Waals surface area contributed by atoms with Gasteiger partial charge < -0.3 is 15.2 Å². The first-order valence-electron chi connectivity index (χ1n) is 6.87. The summed E-state index contributed by atoms with van der Waals surface area (Å²) in [5.41, 5.74) is 8.32. The molecule has 0 aliphatic heterocycles. The summed E-state index contributed by atoms with van der Waals surface area (Å²) in [7, 11) is 1.61. The van der Waals surface area contributed by atoms with Crippen LogP contribution in [0.4, 0.5) is 0 Å². The zero-order valence-electron chi connectivity index (χ0n) is 12.3. The predicted octanol–water partition coefficient (Wildman–Crippen LogP) is 3.12. The van der Waals surface area contributed by atoms with Gasteiger partial charge in [0, 0.05) is 11.1 Å². The lowest BCUT2D eigenvalue weighted by molar-refractivity contribution is 0.296. The number of hydrogen-bond acceptors (Lipinski definition) is 3. The maximum absolute atomic E-state index is 7.50. The Kier molecular flexibility index (Phi) is 4.82. The normalized spacial score (nSPS) is 10.2. The molecule has 0 aliphatic carbocycles. The second-order valence-electron chi connectivity index (χ2n) is 4.73. The Balaban J connectivity index is 2.13. The molecular formula is C17H20N2O2. The number of methoxy groups -OCH3 is 1. The zero-order chi connectivity index (χ0) is 15.2. The molecule has 2 rings (SSSR count). The van der Waals surface area contributed by atoms with Gasteiger partial charge in [0.1, 0.15) is 23.9 Å². The number of benzene rings is 2. The van der Waals surface area contributed by atoms with E-state index in [2.05, 4.69) is 19.1 Å². The summed E-state index contributed by atoms with van der Waals surface area (Å²) in [6.07, 6.45) is 1.01. The monoisotopic (exact) mass is 284 g/mol. The molecule has 0 atom stereocenters. The molecule has 0 spiro atoms. The summed E-state index contributed by atoms with van der Waals surface area (Å²) >= 11 is 0. The lowest BCUT2D eigenvalue weighted by Crippen LogP contribution is -2.12. The van der Waals surface area contributed by atoms with Crippen LogP contribution in [0.15, 0.2) is 42.5 Å². The smallest absolute Gasteiger partial charge is 0.125 e. The Hall–Kier alpha value is -2.49. The fourth-order valence-electron chi connectivity index (χ4n) is 2.04. The number of hydrogen-bond donors (Lipinski definition) is 2. The van der Waals surface area contributed by atoms with E-state index in [1.807, 2.05) is 18.2 Å². The van der Waals surface area contributed by atoms with Crippen LogP contribution >= 0.6 is 0 Å². The second-order valence-corrected chi connectivity index (χ2v) is 4.73. The highest BCUT2D eigenvalue weighted by molar-refractivity contribution is 5.95. The van der Waals surface area contributed by atoms with Crippen LogP contribution in [0.5, 0.6) is 11.5 Å². The van der Waals surface area contributed by atoms with E-state index in [0.29, 0.717) is 12.2 Å². The molecule has 0 aromatic heterocycles. The molecule has 3 N–H and O–H groups in total. The van der Waals surface area contributed by atoms with Crippen molar-refractivity contribution in [1.29, 1.82) is 5.41 Å². The molecule has 0 amide bonds. The molecule has 0 saturated heterocycles. The SMILES string of the molecule is CCc1ccc(OCc2cc(C(=N)N)ccc2OC)cc1. The maximum atomic E-state index is 7.50. The molecule has 0 heterocycles. The van der Waals surface area contributed by atoms with Crippen molar-refractivity contribution in [3.8, 4) is 11.5 Å². The highest BCUT2D eigenvalue weighted by Gasteiger charge is 2.07. The standard InChI is InChI=1S/C17H20N2O2/c1-3-12-4-7-15(8-5-12)21-11-14-10-13(17(18)19)6-9-16(14)20-2/h4-10H,3,11H2,1-2H3,(H3,18,19). The summed E-state index contributed by atoms with van der Waals surface area (Å²) < 4.78 is 11.1. The predicted molar refractivity (Wildman–Crippen MR) is 84.2 cm³/mol. The average molecular weight is 284 g/mol. The number of nitrogen functional groups attached to an aromatic ring is 1. The Morgan fingerprint density at radius 3 is 2.43 bits per heavy atom. The summed E-state index contributed by atoms with van der Waals surface area (Å²) in [6, 6.07) is 13.4. The first-order valence-corrected chi connectivity index (χ1v) is 6.87. The van der Waals surface area contributed by atoms with Gasteiger partial charge in [-0.3, -0.25) is 5.41 Å². The van der Waals surface area contributed by atoms with Crippen LogP contribution in [-0.4, -0.2) is 12.9 Å². The van der Waals surface area contributed by atoms with Crippen molar-refractivity contribution < 1.29 is 9.47 Å². The number of rotatable bonds is 6. The average Bonchev–Trinajstić information content (AvgIpc) is 2.53. The first kappa shape index (κ1) is 14.9.